The lowest BCUT2D eigenvalue weighted by Crippen LogP contribution is -2.01. The van der Waals surface area contributed by atoms with Crippen molar-refractivity contribution >= 4 is 17.4 Å². The third-order valence-electron chi connectivity index (χ3n) is 1.67. The van der Waals surface area contributed by atoms with Gasteiger partial charge < -0.3 is 0 Å². The Bertz CT molecular complexity index is 433. The van der Waals surface area contributed by atoms with E-state index >= 15 is 0 Å². The molecule has 0 saturated carbocycles. The highest BCUT2D eigenvalue weighted by atomic mass is 32.2. The van der Waals surface area contributed by atoms with Crippen LogP contribution in [0.15, 0.2) is 17.0 Å². The van der Waals surface area contributed by atoms with Crippen LogP contribution < -0.4 is 0 Å². The topological polar surface area (TPSA) is 43.1 Å². The summed E-state index contributed by atoms with van der Waals surface area (Å²) in [5.41, 5.74) is -5.51. The van der Waals surface area contributed by atoms with Crippen molar-refractivity contribution in [2.45, 2.75) is 17.3 Å². The minimum Gasteiger partial charge on any atom is -0.258 e. The van der Waals surface area contributed by atoms with Crippen LogP contribution in [0.2, 0.25) is 0 Å². The van der Waals surface area contributed by atoms with Crippen molar-refractivity contribution < 1.29 is 22.5 Å². The predicted octanol–water partition coefficient (Wildman–Crippen LogP) is 3.65. The molecular weight excluding hydrogens is 250 g/mol. The van der Waals surface area contributed by atoms with E-state index in [4.69, 9.17) is 0 Å². The molecule has 0 aliphatic heterocycles. The van der Waals surface area contributed by atoms with Crippen molar-refractivity contribution in [3.63, 3.8) is 0 Å². The lowest BCUT2D eigenvalue weighted by molar-refractivity contribution is -0.387. The van der Waals surface area contributed by atoms with Crippen LogP contribution in [0.1, 0.15) is 5.56 Å². The Kier molecular flexibility index (Phi) is 3.41. The zero-order chi connectivity index (χ0) is 12.5. The molecule has 0 aromatic heterocycles. The summed E-state index contributed by atoms with van der Waals surface area (Å²) in [6.07, 6.45) is 0. The van der Waals surface area contributed by atoms with Crippen molar-refractivity contribution in [1.29, 1.82) is 0 Å². The van der Waals surface area contributed by atoms with Crippen LogP contribution >= 0.6 is 11.8 Å². The van der Waals surface area contributed by atoms with Crippen molar-refractivity contribution in [3.05, 3.63) is 33.6 Å². The van der Waals surface area contributed by atoms with Gasteiger partial charge >= 0.3 is 11.2 Å². The van der Waals surface area contributed by atoms with Gasteiger partial charge in [-0.1, -0.05) is 0 Å². The van der Waals surface area contributed by atoms with Crippen molar-refractivity contribution in [2.75, 3.05) is 0 Å². The predicted molar refractivity (Wildman–Crippen MR) is 49.7 cm³/mol. The minimum absolute atomic E-state index is 0.00502. The monoisotopic (exact) mass is 255 g/mol. The summed E-state index contributed by atoms with van der Waals surface area (Å²) >= 11 is -0.503. The van der Waals surface area contributed by atoms with Crippen LogP contribution in [0.4, 0.5) is 23.2 Å². The van der Waals surface area contributed by atoms with Crippen LogP contribution in [0.3, 0.4) is 0 Å². The Morgan fingerprint density at radius 1 is 1.38 bits per heavy atom. The molecule has 0 bridgehead atoms. The van der Waals surface area contributed by atoms with E-state index in [9.17, 15) is 27.7 Å². The smallest absolute Gasteiger partial charge is 0.258 e. The number of rotatable bonds is 2. The maximum atomic E-state index is 13.0. The number of nitro benzene ring substituents is 1. The van der Waals surface area contributed by atoms with Gasteiger partial charge in [0.15, 0.2) is 0 Å². The van der Waals surface area contributed by atoms with Crippen LogP contribution in [0.5, 0.6) is 0 Å². The van der Waals surface area contributed by atoms with Gasteiger partial charge in [-0.2, -0.15) is 17.6 Å². The summed E-state index contributed by atoms with van der Waals surface area (Å²) in [6, 6.07) is 1.30. The summed E-state index contributed by atoms with van der Waals surface area (Å²) in [4.78, 5) is 8.89. The van der Waals surface area contributed by atoms with Gasteiger partial charge in [0.1, 0.15) is 0 Å². The van der Waals surface area contributed by atoms with E-state index in [2.05, 4.69) is 0 Å². The van der Waals surface area contributed by atoms with Gasteiger partial charge in [-0.25, -0.2) is 0 Å². The highest BCUT2D eigenvalue weighted by Crippen LogP contribution is 2.40. The highest BCUT2D eigenvalue weighted by Gasteiger charge is 2.31. The summed E-state index contributed by atoms with van der Waals surface area (Å²) in [6.45, 7) is 1.25. The summed E-state index contributed by atoms with van der Waals surface area (Å²) in [5.74, 6) is -1.14. The molecule has 0 amide bonds. The fraction of sp³-hybridized carbons (Fsp3) is 0.250. The largest absolute Gasteiger partial charge is 0.446 e. The second-order valence-electron chi connectivity index (χ2n) is 2.87. The molecule has 0 aliphatic rings. The van der Waals surface area contributed by atoms with Gasteiger partial charge in [0.2, 0.25) is 5.82 Å². The Morgan fingerprint density at radius 3 is 2.38 bits per heavy atom. The molecule has 0 spiro atoms. The highest BCUT2D eigenvalue weighted by molar-refractivity contribution is 8.00. The molecule has 16 heavy (non-hydrogen) atoms. The van der Waals surface area contributed by atoms with E-state index in [-0.39, 0.29) is 10.5 Å². The molecule has 0 saturated heterocycles. The number of hydrogen-bond donors (Lipinski definition) is 0. The van der Waals surface area contributed by atoms with Gasteiger partial charge in [0.25, 0.3) is 0 Å². The second-order valence-corrected chi connectivity index (χ2v) is 3.98. The number of thioether (sulfide) groups is 1. The third kappa shape index (κ3) is 3.09. The molecule has 0 atom stereocenters. The minimum atomic E-state index is -4.56. The Hall–Kier alpha value is -1.31. The Morgan fingerprint density at radius 2 is 1.94 bits per heavy atom. The zero-order valence-corrected chi connectivity index (χ0v) is 8.66. The summed E-state index contributed by atoms with van der Waals surface area (Å²) in [5, 5.41) is 10.3. The van der Waals surface area contributed by atoms with Crippen LogP contribution in [0, 0.1) is 22.9 Å². The number of nitro groups is 1. The average Bonchev–Trinajstić information content (AvgIpc) is 2.07. The summed E-state index contributed by atoms with van der Waals surface area (Å²) in [7, 11) is 0. The van der Waals surface area contributed by atoms with E-state index in [0.717, 1.165) is 0 Å². The fourth-order valence-corrected chi connectivity index (χ4v) is 1.66. The second kappa shape index (κ2) is 4.28. The van der Waals surface area contributed by atoms with Gasteiger partial charge in [-0.3, -0.25) is 10.1 Å². The molecule has 3 nitrogen and oxygen atoms in total. The first-order chi connectivity index (χ1) is 7.20. The first-order valence-electron chi connectivity index (χ1n) is 3.91. The van der Waals surface area contributed by atoms with Gasteiger partial charge in [-0.05, 0) is 30.3 Å². The van der Waals surface area contributed by atoms with Crippen molar-refractivity contribution in [1.82, 2.24) is 0 Å². The Labute approximate surface area is 91.6 Å². The van der Waals surface area contributed by atoms with Crippen molar-refractivity contribution in [2.24, 2.45) is 0 Å². The van der Waals surface area contributed by atoms with Crippen LogP contribution in [-0.4, -0.2) is 10.4 Å². The zero-order valence-electron chi connectivity index (χ0n) is 7.84. The summed E-state index contributed by atoms with van der Waals surface area (Å²) < 4.78 is 49.1. The van der Waals surface area contributed by atoms with Gasteiger partial charge in [0, 0.05) is 11.0 Å². The lowest BCUT2D eigenvalue weighted by Gasteiger charge is -2.08. The molecular formula is C8H5F4NO2S. The molecule has 0 fully saturated rings. The molecule has 0 aliphatic carbocycles. The van der Waals surface area contributed by atoms with E-state index in [0.29, 0.717) is 12.1 Å². The molecule has 8 heteroatoms. The molecule has 1 aromatic rings. The van der Waals surface area contributed by atoms with Gasteiger partial charge in [0.05, 0.1) is 4.92 Å². The quantitative estimate of drug-likeness (QED) is 0.350. The number of aryl methyl sites for hydroxylation is 1. The average molecular weight is 255 g/mol. The number of halogens is 4. The SMILES string of the molecule is Cc1cc(F)c([N+](=O)[O-])cc1SC(F)(F)F. The normalized spacial score (nSPS) is 11.6. The Balaban J connectivity index is 3.20. The first kappa shape index (κ1) is 12.8. The van der Waals surface area contributed by atoms with Crippen LogP contribution in [-0.2, 0) is 0 Å². The molecule has 1 rings (SSSR count). The van der Waals surface area contributed by atoms with Gasteiger partial charge in [-0.15, -0.1) is 0 Å². The number of benzene rings is 1. The first-order valence-corrected chi connectivity index (χ1v) is 4.72. The lowest BCUT2D eigenvalue weighted by atomic mass is 10.2. The number of nitrogens with zero attached hydrogens (tertiary/aromatic N) is 1. The molecule has 0 radical (unpaired) electrons. The molecule has 88 valence electrons. The molecule has 1 aromatic carbocycles. The molecule has 0 heterocycles. The van der Waals surface area contributed by atoms with Crippen molar-refractivity contribution in [3.8, 4) is 0 Å². The van der Waals surface area contributed by atoms with E-state index < -0.39 is 33.7 Å². The molecule has 0 N–H and O–H groups in total. The fourth-order valence-electron chi connectivity index (χ4n) is 1.02. The standard InChI is InChI=1S/C8H5F4NO2S/c1-4-2-5(9)6(13(14)15)3-7(4)16-8(10,11)12/h2-3H,1H3. The molecule has 0 unspecified atom stereocenters. The third-order valence-corrected chi connectivity index (χ3v) is 2.56. The van der Waals surface area contributed by atoms with Crippen LogP contribution in [0.25, 0.3) is 0 Å². The van der Waals surface area contributed by atoms with E-state index in [1.54, 1.807) is 0 Å². The van der Waals surface area contributed by atoms with E-state index in [1.807, 2.05) is 0 Å². The number of hydrogen-bond acceptors (Lipinski definition) is 3. The van der Waals surface area contributed by atoms with E-state index in [1.165, 1.54) is 6.92 Å². The maximum Gasteiger partial charge on any atom is 0.446 e. The number of alkyl halides is 3. The maximum absolute atomic E-state index is 13.0.